The summed E-state index contributed by atoms with van der Waals surface area (Å²) in [5, 5.41) is 5.45. The van der Waals surface area contributed by atoms with Gasteiger partial charge < -0.3 is 16.4 Å². The molecule has 0 fully saturated rings. The first-order valence-electron chi connectivity index (χ1n) is 8.63. The highest BCUT2D eigenvalue weighted by molar-refractivity contribution is 6.04. The number of carbonyl (C=O) groups is 2. The summed E-state index contributed by atoms with van der Waals surface area (Å²) in [6.07, 6.45) is 3.19. The highest BCUT2D eigenvalue weighted by Gasteiger charge is 2.12. The van der Waals surface area contributed by atoms with Gasteiger partial charge in [0.15, 0.2) is 0 Å². The van der Waals surface area contributed by atoms with E-state index < -0.39 is 17.8 Å². The van der Waals surface area contributed by atoms with E-state index in [2.05, 4.69) is 15.6 Å². The molecule has 7 heteroatoms. The molecule has 1 atom stereocenters. The van der Waals surface area contributed by atoms with Crippen molar-refractivity contribution in [1.82, 2.24) is 10.3 Å². The molecule has 0 aliphatic heterocycles. The lowest BCUT2D eigenvalue weighted by Crippen LogP contribution is -2.32. The Bertz CT molecular complexity index is 962. The number of nitrogens with two attached hydrogens (primary N) is 1. The summed E-state index contributed by atoms with van der Waals surface area (Å²) in [5.41, 5.74) is 8.24. The Morgan fingerprint density at radius 3 is 2.36 bits per heavy atom. The zero-order valence-corrected chi connectivity index (χ0v) is 14.9. The first-order valence-corrected chi connectivity index (χ1v) is 8.63. The van der Waals surface area contributed by atoms with E-state index in [1.165, 1.54) is 18.2 Å². The topological polar surface area (TPSA) is 97.1 Å². The van der Waals surface area contributed by atoms with Gasteiger partial charge in [-0.2, -0.15) is 0 Å². The molecule has 4 N–H and O–H groups in total. The molecule has 0 bridgehead atoms. The number of nitrogens with zero attached hydrogens (tertiary/aromatic N) is 1. The monoisotopic (exact) mass is 378 g/mol. The molecule has 0 saturated heterocycles. The van der Waals surface area contributed by atoms with E-state index in [-0.39, 0.29) is 18.0 Å². The fourth-order valence-electron chi connectivity index (χ4n) is 2.57. The van der Waals surface area contributed by atoms with Gasteiger partial charge in [-0.05, 0) is 48.0 Å². The molecule has 6 nitrogen and oxygen atoms in total. The number of amides is 2. The summed E-state index contributed by atoms with van der Waals surface area (Å²) in [4.78, 5) is 28.2. The number of aromatic nitrogens is 1. The molecule has 0 aliphatic carbocycles. The maximum Gasteiger partial charge on any atom is 0.255 e. The van der Waals surface area contributed by atoms with E-state index in [9.17, 15) is 14.0 Å². The number of rotatable bonds is 6. The van der Waals surface area contributed by atoms with Crippen molar-refractivity contribution < 1.29 is 14.0 Å². The van der Waals surface area contributed by atoms with Gasteiger partial charge in [0.25, 0.3) is 11.8 Å². The maximum atomic E-state index is 13.2. The Hall–Kier alpha value is -3.58. The number of carbonyl (C=O) groups excluding carboxylic acids is 2. The molecule has 1 unspecified atom stereocenters. The predicted molar refractivity (Wildman–Crippen MR) is 104 cm³/mol. The van der Waals surface area contributed by atoms with E-state index in [4.69, 9.17) is 5.73 Å². The molecule has 0 radical (unpaired) electrons. The van der Waals surface area contributed by atoms with Gasteiger partial charge in [0.2, 0.25) is 0 Å². The van der Waals surface area contributed by atoms with E-state index >= 15 is 0 Å². The molecule has 28 heavy (non-hydrogen) atoms. The van der Waals surface area contributed by atoms with E-state index in [1.807, 2.05) is 0 Å². The SMILES string of the molecule is NC(CNC(=O)c1cccc(F)c1)c1ccc(C(=O)Nc2ccncc2)cc1. The van der Waals surface area contributed by atoms with Crippen molar-refractivity contribution >= 4 is 17.5 Å². The molecule has 0 aliphatic rings. The zero-order chi connectivity index (χ0) is 19.9. The van der Waals surface area contributed by atoms with Crippen LogP contribution >= 0.6 is 0 Å². The van der Waals surface area contributed by atoms with Crippen LogP contribution in [0.2, 0.25) is 0 Å². The molecule has 2 amide bonds. The smallest absolute Gasteiger partial charge is 0.255 e. The fourth-order valence-corrected chi connectivity index (χ4v) is 2.57. The minimum atomic E-state index is -0.474. The minimum absolute atomic E-state index is 0.178. The zero-order valence-electron chi connectivity index (χ0n) is 14.9. The van der Waals surface area contributed by atoms with Crippen LogP contribution in [0.3, 0.4) is 0 Å². The van der Waals surface area contributed by atoms with Crippen molar-refractivity contribution in [3.8, 4) is 0 Å². The van der Waals surface area contributed by atoms with Crippen LogP contribution in [0.15, 0.2) is 73.1 Å². The lowest BCUT2D eigenvalue weighted by molar-refractivity contribution is 0.0950. The van der Waals surface area contributed by atoms with E-state index in [1.54, 1.807) is 48.8 Å². The third-order valence-electron chi connectivity index (χ3n) is 4.11. The van der Waals surface area contributed by atoms with Gasteiger partial charge in [-0.3, -0.25) is 14.6 Å². The lowest BCUT2D eigenvalue weighted by Gasteiger charge is -2.14. The van der Waals surface area contributed by atoms with Crippen molar-refractivity contribution in [1.29, 1.82) is 0 Å². The second-order valence-electron chi connectivity index (χ2n) is 6.14. The first kappa shape index (κ1) is 19.2. The van der Waals surface area contributed by atoms with E-state index in [0.29, 0.717) is 11.3 Å². The van der Waals surface area contributed by atoms with Crippen LogP contribution in [0.5, 0.6) is 0 Å². The van der Waals surface area contributed by atoms with Crippen molar-refractivity contribution in [2.24, 2.45) is 5.73 Å². The maximum absolute atomic E-state index is 13.2. The van der Waals surface area contributed by atoms with Gasteiger partial charge in [0.1, 0.15) is 5.82 Å². The van der Waals surface area contributed by atoms with Gasteiger partial charge in [-0.15, -0.1) is 0 Å². The molecule has 1 aromatic heterocycles. The molecule has 2 aromatic carbocycles. The molecule has 0 saturated carbocycles. The van der Waals surface area contributed by atoms with Crippen LogP contribution in [-0.2, 0) is 0 Å². The third-order valence-corrected chi connectivity index (χ3v) is 4.11. The standard InChI is InChI=1S/C21H19FN4O2/c22-17-3-1-2-16(12-17)20(27)25-13-19(23)14-4-6-15(7-5-14)21(28)26-18-8-10-24-11-9-18/h1-12,19H,13,23H2,(H,25,27)(H,24,26,28). The van der Waals surface area contributed by atoms with Crippen molar-refractivity contribution in [3.63, 3.8) is 0 Å². The Morgan fingerprint density at radius 2 is 1.68 bits per heavy atom. The van der Waals surface area contributed by atoms with Crippen LogP contribution in [-0.4, -0.2) is 23.3 Å². The van der Waals surface area contributed by atoms with Gasteiger partial charge in [0, 0.05) is 41.8 Å². The number of hydrogen-bond donors (Lipinski definition) is 3. The Kier molecular flexibility index (Phi) is 6.08. The van der Waals surface area contributed by atoms with Crippen molar-refractivity contribution in [2.75, 3.05) is 11.9 Å². The quantitative estimate of drug-likeness (QED) is 0.614. The Morgan fingerprint density at radius 1 is 0.964 bits per heavy atom. The van der Waals surface area contributed by atoms with E-state index in [0.717, 1.165) is 11.6 Å². The molecule has 142 valence electrons. The fraction of sp³-hybridized carbons (Fsp3) is 0.0952. The molecular formula is C21H19FN4O2. The number of hydrogen-bond acceptors (Lipinski definition) is 4. The number of halogens is 1. The van der Waals surface area contributed by atoms with Crippen molar-refractivity contribution in [2.45, 2.75) is 6.04 Å². The Balaban J connectivity index is 1.56. The first-order chi connectivity index (χ1) is 13.5. The van der Waals surface area contributed by atoms with Crippen LogP contribution in [0, 0.1) is 5.82 Å². The second-order valence-corrected chi connectivity index (χ2v) is 6.14. The average molecular weight is 378 g/mol. The Labute approximate surface area is 161 Å². The summed E-state index contributed by atoms with van der Waals surface area (Å²) in [6.45, 7) is 0.178. The average Bonchev–Trinajstić information content (AvgIpc) is 2.72. The van der Waals surface area contributed by atoms with Gasteiger partial charge in [-0.1, -0.05) is 18.2 Å². The van der Waals surface area contributed by atoms with Crippen LogP contribution in [0.4, 0.5) is 10.1 Å². The number of nitrogens with one attached hydrogen (secondary N) is 2. The molecule has 0 spiro atoms. The normalized spacial score (nSPS) is 11.5. The lowest BCUT2D eigenvalue weighted by atomic mass is 10.0. The summed E-state index contributed by atoms with van der Waals surface area (Å²) in [6, 6.07) is 15.2. The highest BCUT2D eigenvalue weighted by Crippen LogP contribution is 2.13. The van der Waals surface area contributed by atoms with Gasteiger partial charge in [0.05, 0.1) is 0 Å². The van der Waals surface area contributed by atoms with Gasteiger partial charge >= 0.3 is 0 Å². The molecule has 3 aromatic rings. The number of pyridine rings is 1. The summed E-state index contributed by atoms with van der Waals surface area (Å²) in [5.74, 6) is -1.12. The van der Waals surface area contributed by atoms with Gasteiger partial charge in [-0.25, -0.2) is 4.39 Å². The van der Waals surface area contributed by atoms with Crippen LogP contribution in [0.1, 0.15) is 32.3 Å². The number of anilines is 1. The number of benzene rings is 2. The van der Waals surface area contributed by atoms with Crippen LogP contribution in [0.25, 0.3) is 0 Å². The summed E-state index contributed by atoms with van der Waals surface area (Å²) < 4.78 is 13.2. The molecular weight excluding hydrogens is 359 g/mol. The minimum Gasteiger partial charge on any atom is -0.350 e. The predicted octanol–water partition coefficient (Wildman–Crippen LogP) is 2.90. The summed E-state index contributed by atoms with van der Waals surface area (Å²) >= 11 is 0. The molecule has 1 heterocycles. The van der Waals surface area contributed by atoms with Crippen LogP contribution < -0.4 is 16.4 Å². The second kappa shape index (κ2) is 8.88. The largest absolute Gasteiger partial charge is 0.350 e. The third kappa shape index (κ3) is 4.99. The molecule has 3 rings (SSSR count). The highest BCUT2D eigenvalue weighted by atomic mass is 19.1. The van der Waals surface area contributed by atoms with Crippen molar-refractivity contribution in [3.05, 3.63) is 95.6 Å². The summed E-state index contributed by atoms with van der Waals surface area (Å²) in [7, 11) is 0.